The van der Waals surface area contributed by atoms with E-state index in [4.69, 9.17) is 0 Å². The van der Waals surface area contributed by atoms with Gasteiger partial charge in [-0.15, -0.1) is 0 Å². The highest BCUT2D eigenvalue weighted by Crippen LogP contribution is 2.27. The van der Waals surface area contributed by atoms with E-state index in [2.05, 4.69) is 27.1 Å². The molecule has 17 heavy (non-hydrogen) atoms. The molecule has 1 N–H and O–H groups in total. The van der Waals surface area contributed by atoms with E-state index in [1.165, 1.54) is 5.39 Å². The van der Waals surface area contributed by atoms with E-state index in [-0.39, 0.29) is 0 Å². The number of thioether (sulfide) groups is 1. The summed E-state index contributed by atoms with van der Waals surface area (Å²) in [5.41, 5.74) is 3.21. The molecule has 4 heteroatoms. The quantitative estimate of drug-likeness (QED) is 0.552. The van der Waals surface area contributed by atoms with Gasteiger partial charge in [0.25, 0.3) is 0 Å². The summed E-state index contributed by atoms with van der Waals surface area (Å²) < 4.78 is 0. The van der Waals surface area contributed by atoms with Gasteiger partial charge in [-0.3, -0.25) is 0 Å². The first-order valence-electron chi connectivity index (χ1n) is 5.32. The van der Waals surface area contributed by atoms with Gasteiger partial charge in [-0.2, -0.15) is 0 Å². The van der Waals surface area contributed by atoms with Gasteiger partial charge in [-0.05, 0) is 18.4 Å². The van der Waals surface area contributed by atoms with Crippen LogP contribution in [0.5, 0.6) is 0 Å². The van der Waals surface area contributed by atoms with Crippen LogP contribution in [0.4, 0.5) is 0 Å². The molecule has 0 fully saturated rings. The molecule has 3 nitrogen and oxygen atoms in total. The zero-order valence-electron chi connectivity index (χ0n) is 9.34. The molecular formula is C13H11N3S. The smallest absolute Gasteiger partial charge is 0.187 e. The van der Waals surface area contributed by atoms with Gasteiger partial charge in [0.2, 0.25) is 0 Å². The first-order valence-corrected chi connectivity index (χ1v) is 6.54. The molecule has 0 radical (unpaired) electrons. The fraction of sp³-hybridized carbons (Fsp3) is 0.0769. The zero-order valence-corrected chi connectivity index (χ0v) is 10.2. The largest absolute Gasteiger partial charge is 0.360 e. The lowest BCUT2D eigenvalue weighted by molar-refractivity contribution is 0.977. The topological polar surface area (TPSA) is 41.6 Å². The van der Waals surface area contributed by atoms with Gasteiger partial charge in [-0.25, -0.2) is 9.97 Å². The van der Waals surface area contributed by atoms with Crippen molar-refractivity contribution in [2.24, 2.45) is 0 Å². The molecule has 0 amide bonds. The fourth-order valence-electron chi connectivity index (χ4n) is 1.87. The number of aromatic amines is 1. The van der Waals surface area contributed by atoms with Gasteiger partial charge >= 0.3 is 0 Å². The minimum atomic E-state index is 0.799. The van der Waals surface area contributed by atoms with Crippen LogP contribution in [0, 0.1) is 0 Å². The fourth-order valence-corrected chi connectivity index (χ4v) is 2.23. The highest BCUT2D eigenvalue weighted by molar-refractivity contribution is 7.98. The van der Waals surface area contributed by atoms with Crippen molar-refractivity contribution >= 4 is 22.7 Å². The minimum absolute atomic E-state index is 0.799. The van der Waals surface area contributed by atoms with E-state index in [9.17, 15) is 0 Å². The Balaban J connectivity index is 2.20. The molecule has 1 aromatic carbocycles. The maximum atomic E-state index is 4.52. The molecule has 0 unspecified atom stereocenters. The summed E-state index contributed by atoms with van der Waals surface area (Å²) in [6.45, 7) is 0. The highest BCUT2D eigenvalue weighted by atomic mass is 32.2. The number of nitrogens with zero attached hydrogens (tertiary/aromatic N) is 2. The molecule has 0 spiro atoms. The minimum Gasteiger partial charge on any atom is -0.360 e. The molecule has 3 rings (SSSR count). The van der Waals surface area contributed by atoms with E-state index in [0.717, 1.165) is 21.9 Å². The van der Waals surface area contributed by atoms with Crippen molar-refractivity contribution in [3.8, 4) is 11.3 Å². The standard InChI is InChI=1S/C13H11N3S/c1-17-13-14-7-6-12(16-13)10-8-15-11-5-3-2-4-9(10)11/h2-8,15H,1H3. The Morgan fingerprint density at radius 1 is 1.18 bits per heavy atom. The summed E-state index contributed by atoms with van der Waals surface area (Å²) >= 11 is 1.55. The molecule has 0 bridgehead atoms. The summed E-state index contributed by atoms with van der Waals surface area (Å²) in [6, 6.07) is 10.2. The first-order chi connectivity index (χ1) is 8.38. The third kappa shape index (κ3) is 1.80. The van der Waals surface area contributed by atoms with Crippen LogP contribution in [0.15, 0.2) is 47.9 Å². The molecule has 0 atom stereocenters. The van der Waals surface area contributed by atoms with Crippen molar-refractivity contribution in [3.05, 3.63) is 42.7 Å². The summed E-state index contributed by atoms with van der Waals surface area (Å²) in [5.74, 6) is 0. The molecule has 0 saturated heterocycles. The predicted molar refractivity (Wildman–Crippen MR) is 71.1 cm³/mol. The first kappa shape index (κ1) is 10.4. The monoisotopic (exact) mass is 241 g/mol. The van der Waals surface area contributed by atoms with E-state index < -0.39 is 0 Å². The summed E-state index contributed by atoms with van der Waals surface area (Å²) in [7, 11) is 0. The lowest BCUT2D eigenvalue weighted by atomic mass is 10.1. The molecule has 0 aliphatic heterocycles. The molecule has 0 aliphatic rings. The highest BCUT2D eigenvalue weighted by Gasteiger charge is 2.07. The number of hydrogen-bond acceptors (Lipinski definition) is 3. The molecule has 2 heterocycles. The van der Waals surface area contributed by atoms with Crippen LogP contribution >= 0.6 is 11.8 Å². The second-order valence-corrected chi connectivity index (χ2v) is 4.45. The normalized spacial score (nSPS) is 10.9. The third-order valence-corrected chi connectivity index (χ3v) is 3.24. The second kappa shape index (κ2) is 4.22. The van der Waals surface area contributed by atoms with Crippen LogP contribution in [0.2, 0.25) is 0 Å². The average Bonchev–Trinajstić information content (AvgIpc) is 2.82. The summed E-state index contributed by atoms with van der Waals surface area (Å²) in [4.78, 5) is 12.0. The molecule has 0 saturated carbocycles. The SMILES string of the molecule is CSc1nccc(-c2c[nH]c3ccccc23)n1. The number of fused-ring (bicyclic) bond motifs is 1. The Bertz CT molecular complexity index is 660. The summed E-state index contributed by atoms with van der Waals surface area (Å²) in [6.07, 6.45) is 5.78. The van der Waals surface area contributed by atoms with Gasteiger partial charge in [0, 0.05) is 28.9 Å². The Morgan fingerprint density at radius 2 is 2.06 bits per heavy atom. The van der Waals surface area contributed by atoms with Crippen LogP contribution in [0.1, 0.15) is 0 Å². The van der Waals surface area contributed by atoms with E-state index >= 15 is 0 Å². The Kier molecular flexibility index (Phi) is 2.57. The number of nitrogens with one attached hydrogen (secondary N) is 1. The van der Waals surface area contributed by atoms with Crippen molar-refractivity contribution in [2.75, 3.05) is 6.26 Å². The molecule has 0 aliphatic carbocycles. The maximum absolute atomic E-state index is 4.52. The van der Waals surface area contributed by atoms with E-state index in [1.54, 1.807) is 18.0 Å². The van der Waals surface area contributed by atoms with E-state index in [1.807, 2.05) is 30.7 Å². The lowest BCUT2D eigenvalue weighted by Crippen LogP contribution is -1.87. The molecular weight excluding hydrogens is 230 g/mol. The van der Waals surface area contributed by atoms with Crippen molar-refractivity contribution in [3.63, 3.8) is 0 Å². The number of H-pyrrole nitrogens is 1. The van der Waals surface area contributed by atoms with Crippen molar-refractivity contribution in [2.45, 2.75) is 5.16 Å². The third-order valence-electron chi connectivity index (χ3n) is 2.68. The van der Waals surface area contributed by atoms with Crippen LogP contribution in [0.25, 0.3) is 22.2 Å². The molecule has 84 valence electrons. The van der Waals surface area contributed by atoms with Crippen LogP contribution in [0.3, 0.4) is 0 Å². The number of para-hydroxylation sites is 1. The van der Waals surface area contributed by atoms with Gasteiger partial charge in [0.15, 0.2) is 5.16 Å². The Hall–Kier alpha value is -1.81. The van der Waals surface area contributed by atoms with Crippen molar-refractivity contribution < 1.29 is 0 Å². The van der Waals surface area contributed by atoms with Crippen molar-refractivity contribution in [1.82, 2.24) is 15.0 Å². The predicted octanol–water partition coefficient (Wildman–Crippen LogP) is 3.35. The number of rotatable bonds is 2. The van der Waals surface area contributed by atoms with Crippen LogP contribution in [-0.4, -0.2) is 21.2 Å². The number of aromatic nitrogens is 3. The average molecular weight is 241 g/mol. The number of benzene rings is 1. The summed E-state index contributed by atoms with van der Waals surface area (Å²) in [5, 5.41) is 1.99. The van der Waals surface area contributed by atoms with Crippen LogP contribution < -0.4 is 0 Å². The molecule has 2 aromatic heterocycles. The van der Waals surface area contributed by atoms with Gasteiger partial charge < -0.3 is 4.98 Å². The lowest BCUT2D eigenvalue weighted by Gasteiger charge is -2.00. The van der Waals surface area contributed by atoms with Gasteiger partial charge in [0.05, 0.1) is 5.69 Å². The van der Waals surface area contributed by atoms with Gasteiger partial charge in [-0.1, -0.05) is 30.0 Å². The zero-order chi connectivity index (χ0) is 11.7. The van der Waals surface area contributed by atoms with Crippen LogP contribution in [-0.2, 0) is 0 Å². The maximum Gasteiger partial charge on any atom is 0.187 e. The number of hydrogen-bond donors (Lipinski definition) is 1. The van der Waals surface area contributed by atoms with Crippen molar-refractivity contribution in [1.29, 1.82) is 0 Å². The van der Waals surface area contributed by atoms with E-state index in [0.29, 0.717) is 0 Å². The molecule has 3 aromatic rings. The Labute approximate surface area is 103 Å². The van der Waals surface area contributed by atoms with Gasteiger partial charge in [0.1, 0.15) is 0 Å². The Morgan fingerprint density at radius 3 is 2.94 bits per heavy atom. The second-order valence-electron chi connectivity index (χ2n) is 3.68.